The first-order chi connectivity index (χ1) is 9.15. The zero-order valence-electron chi connectivity index (χ0n) is 11.2. The number of allylic oxidation sites excluding steroid dienone is 1. The van der Waals surface area contributed by atoms with E-state index in [1.165, 1.54) is 0 Å². The number of rotatable bonds is 4. The van der Waals surface area contributed by atoms with Crippen molar-refractivity contribution in [2.24, 2.45) is 0 Å². The molecule has 0 aliphatic heterocycles. The molecular formula is C15H18O4. The zero-order chi connectivity index (χ0) is 13.8. The third kappa shape index (κ3) is 2.89. The van der Waals surface area contributed by atoms with Gasteiger partial charge in [-0.2, -0.15) is 0 Å². The van der Waals surface area contributed by atoms with Crippen LogP contribution in [0.5, 0.6) is 11.5 Å². The Balaban J connectivity index is 2.25. The molecule has 0 heterocycles. The standard InChI is InChI=1S/C15H18O4/c1-18-12-7-8-14(19-2)13(9-12)10-3-5-11(6-4-10)15(16)17/h5,7-10H,3-4,6H2,1-2H3,(H,16,17). The molecule has 1 aromatic rings. The smallest absolute Gasteiger partial charge is 0.331 e. The summed E-state index contributed by atoms with van der Waals surface area (Å²) < 4.78 is 10.6. The number of carboxylic acid groups (broad SMARTS) is 1. The molecule has 0 saturated carbocycles. The van der Waals surface area contributed by atoms with Crippen molar-refractivity contribution < 1.29 is 19.4 Å². The summed E-state index contributed by atoms with van der Waals surface area (Å²) in [4.78, 5) is 10.9. The highest BCUT2D eigenvalue weighted by atomic mass is 16.5. The number of benzene rings is 1. The van der Waals surface area contributed by atoms with Gasteiger partial charge in [0.05, 0.1) is 14.2 Å². The average molecular weight is 262 g/mol. The van der Waals surface area contributed by atoms with Crippen molar-refractivity contribution in [1.82, 2.24) is 0 Å². The number of hydrogen-bond donors (Lipinski definition) is 1. The van der Waals surface area contributed by atoms with Crippen molar-refractivity contribution in [3.63, 3.8) is 0 Å². The molecule has 4 heteroatoms. The fourth-order valence-electron chi connectivity index (χ4n) is 2.47. The second-order valence-electron chi connectivity index (χ2n) is 4.61. The molecule has 2 rings (SSSR count). The molecule has 0 spiro atoms. The van der Waals surface area contributed by atoms with Crippen LogP contribution in [-0.4, -0.2) is 25.3 Å². The Bertz CT molecular complexity index is 505. The molecule has 0 amide bonds. The fraction of sp³-hybridized carbons (Fsp3) is 0.400. The summed E-state index contributed by atoms with van der Waals surface area (Å²) in [5.41, 5.74) is 1.60. The topological polar surface area (TPSA) is 55.8 Å². The lowest BCUT2D eigenvalue weighted by Gasteiger charge is -2.23. The lowest BCUT2D eigenvalue weighted by molar-refractivity contribution is -0.132. The van der Waals surface area contributed by atoms with Crippen LogP contribution in [0.15, 0.2) is 29.8 Å². The highest BCUT2D eigenvalue weighted by Crippen LogP contribution is 2.38. The maximum Gasteiger partial charge on any atom is 0.331 e. The minimum Gasteiger partial charge on any atom is -0.497 e. The molecule has 19 heavy (non-hydrogen) atoms. The molecule has 1 atom stereocenters. The number of aliphatic carboxylic acids is 1. The summed E-state index contributed by atoms with van der Waals surface area (Å²) in [6.45, 7) is 0. The third-order valence-corrected chi connectivity index (χ3v) is 3.56. The minimum atomic E-state index is -0.809. The molecule has 0 radical (unpaired) electrons. The predicted molar refractivity (Wildman–Crippen MR) is 71.9 cm³/mol. The van der Waals surface area contributed by atoms with E-state index in [0.29, 0.717) is 12.0 Å². The Labute approximate surface area is 112 Å². The highest BCUT2D eigenvalue weighted by molar-refractivity contribution is 5.86. The normalized spacial score (nSPS) is 18.6. The number of ether oxygens (including phenoxy) is 2. The van der Waals surface area contributed by atoms with Gasteiger partial charge in [0.25, 0.3) is 0 Å². The Morgan fingerprint density at radius 1 is 1.32 bits per heavy atom. The van der Waals surface area contributed by atoms with E-state index in [9.17, 15) is 4.79 Å². The SMILES string of the molecule is COc1ccc(OC)c(C2CC=C(C(=O)O)CC2)c1. The van der Waals surface area contributed by atoms with Crippen LogP contribution in [0.3, 0.4) is 0 Å². The van der Waals surface area contributed by atoms with Crippen LogP contribution < -0.4 is 9.47 Å². The molecule has 0 saturated heterocycles. The molecule has 1 N–H and O–H groups in total. The van der Waals surface area contributed by atoms with Gasteiger partial charge in [0.2, 0.25) is 0 Å². The van der Waals surface area contributed by atoms with E-state index >= 15 is 0 Å². The van der Waals surface area contributed by atoms with Gasteiger partial charge in [-0.15, -0.1) is 0 Å². The van der Waals surface area contributed by atoms with Crippen LogP contribution in [0.4, 0.5) is 0 Å². The van der Waals surface area contributed by atoms with Crippen LogP contribution in [0.25, 0.3) is 0 Å². The second-order valence-corrected chi connectivity index (χ2v) is 4.61. The molecule has 102 valence electrons. The van der Waals surface area contributed by atoms with Crippen LogP contribution in [0.1, 0.15) is 30.7 Å². The molecule has 0 aromatic heterocycles. The van der Waals surface area contributed by atoms with Gasteiger partial charge in [-0.25, -0.2) is 4.79 Å². The van der Waals surface area contributed by atoms with Crippen LogP contribution in [-0.2, 0) is 4.79 Å². The van der Waals surface area contributed by atoms with E-state index in [2.05, 4.69) is 0 Å². The minimum absolute atomic E-state index is 0.285. The van der Waals surface area contributed by atoms with E-state index in [0.717, 1.165) is 29.9 Å². The van der Waals surface area contributed by atoms with Crippen molar-refractivity contribution in [2.75, 3.05) is 14.2 Å². The first-order valence-corrected chi connectivity index (χ1v) is 6.30. The lowest BCUT2D eigenvalue weighted by atomic mass is 9.84. The Morgan fingerprint density at radius 3 is 2.63 bits per heavy atom. The molecule has 1 aromatic carbocycles. The van der Waals surface area contributed by atoms with Gasteiger partial charge < -0.3 is 14.6 Å². The molecule has 0 fully saturated rings. The van der Waals surface area contributed by atoms with E-state index in [1.807, 2.05) is 24.3 Å². The van der Waals surface area contributed by atoms with Gasteiger partial charge >= 0.3 is 5.97 Å². The summed E-state index contributed by atoms with van der Waals surface area (Å²) in [5.74, 6) is 1.10. The first-order valence-electron chi connectivity index (χ1n) is 6.30. The molecular weight excluding hydrogens is 244 g/mol. The van der Waals surface area contributed by atoms with Crippen molar-refractivity contribution in [1.29, 1.82) is 0 Å². The maximum absolute atomic E-state index is 10.9. The van der Waals surface area contributed by atoms with Crippen molar-refractivity contribution in [3.05, 3.63) is 35.4 Å². The number of methoxy groups -OCH3 is 2. The van der Waals surface area contributed by atoms with Crippen molar-refractivity contribution in [3.8, 4) is 11.5 Å². The lowest BCUT2D eigenvalue weighted by Crippen LogP contribution is -2.10. The highest BCUT2D eigenvalue weighted by Gasteiger charge is 2.22. The fourth-order valence-corrected chi connectivity index (χ4v) is 2.47. The van der Waals surface area contributed by atoms with Crippen molar-refractivity contribution >= 4 is 5.97 Å². The Morgan fingerprint density at radius 2 is 2.11 bits per heavy atom. The molecule has 4 nitrogen and oxygen atoms in total. The largest absolute Gasteiger partial charge is 0.497 e. The van der Waals surface area contributed by atoms with Gasteiger partial charge in [-0.05, 0) is 43.4 Å². The molecule has 1 unspecified atom stereocenters. The van der Waals surface area contributed by atoms with Crippen LogP contribution in [0, 0.1) is 0 Å². The van der Waals surface area contributed by atoms with Gasteiger partial charge in [0, 0.05) is 11.1 Å². The third-order valence-electron chi connectivity index (χ3n) is 3.56. The summed E-state index contributed by atoms with van der Waals surface area (Å²) in [7, 11) is 3.28. The average Bonchev–Trinajstić information content (AvgIpc) is 2.46. The summed E-state index contributed by atoms with van der Waals surface area (Å²) in [5, 5.41) is 8.97. The molecule has 1 aliphatic carbocycles. The molecule has 0 bridgehead atoms. The van der Waals surface area contributed by atoms with E-state index in [-0.39, 0.29) is 5.92 Å². The second kappa shape index (κ2) is 5.78. The maximum atomic E-state index is 10.9. The summed E-state index contributed by atoms with van der Waals surface area (Å²) in [6, 6.07) is 5.73. The summed E-state index contributed by atoms with van der Waals surface area (Å²) in [6.07, 6.45) is 3.96. The van der Waals surface area contributed by atoms with Gasteiger partial charge in [-0.3, -0.25) is 0 Å². The van der Waals surface area contributed by atoms with Crippen LogP contribution in [0.2, 0.25) is 0 Å². The van der Waals surface area contributed by atoms with E-state index < -0.39 is 5.97 Å². The van der Waals surface area contributed by atoms with Crippen molar-refractivity contribution in [2.45, 2.75) is 25.2 Å². The number of carboxylic acids is 1. The monoisotopic (exact) mass is 262 g/mol. The quantitative estimate of drug-likeness (QED) is 0.906. The van der Waals surface area contributed by atoms with Gasteiger partial charge in [0.15, 0.2) is 0 Å². The molecule has 1 aliphatic rings. The zero-order valence-corrected chi connectivity index (χ0v) is 11.2. The Kier molecular flexibility index (Phi) is 4.10. The van der Waals surface area contributed by atoms with E-state index in [1.54, 1.807) is 14.2 Å². The van der Waals surface area contributed by atoms with Crippen LogP contribution >= 0.6 is 0 Å². The summed E-state index contributed by atoms with van der Waals surface area (Å²) >= 11 is 0. The van der Waals surface area contributed by atoms with E-state index in [4.69, 9.17) is 14.6 Å². The predicted octanol–water partition coefficient (Wildman–Crippen LogP) is 2.98. The first kappa shape index (κ1) is 13.5. The number of hydrogen-bond acceptors (Lipinski definition) is 3. The van der Waals surface area contributed by atoms with Gasteiger partial charge in [0.1, 0.15) is 11.5 Å². The Hall–Kier alpha value is -1.97. The number of carbonyl (C=O) groups is 1. The van der Waals surface area contributed by atoms with Gasteiger partial charge in [-0.1, -0.05) is 6.08 Å².